The van der Waals surface area contributed by atoms with Gasteiger partial charge < -0.3 is 9.15 Å². The second kappa shape index (κ2) is 7.49. The maximum Gasteiger partial charge on any atom is 0.344 e. The summed E-state index contributed by atoms with van der Waals surface area (Å²) in [6, 6.07) is 17.8. The van der Waals surface area contributed by atoms with E-state index in [2.05, 4.69) is 4.90 Å². The van der Waals surface area contributed by atoms with Gasteiger partial charge in [0.2, 0.25) is 10.0 Å². The van der Waals surface area contributed by atoms with E-state index < -0.39 is 10.0 Å². The quantitative estimate of drug-likeness (QED) is 0.390. The fourth-order valence-electron chi connectivity index (χ4n) is 3.97. The summed E-state index contributed by atoms with van der Waals surface area (Å²) in [4.78, 5) is 14.7. The van der Waals surface area contributed by atoms with Gasteiger partial charge in [-0.3, -0.25) is 4.90 Å². The van der Waals surface area contributed by atoms with Gasteiger partial charge in [0.15, 0.2) is 0 Å². The monoisotopic (exact) mass is 436 g/mol. The summed E-state index contributed by atoms with van der Waals surface area (Å²) in [6.07, 6.45) is 0.710. The van der Waals surface area contributed by atoms with Gasteiger partial charge in [0.25, 0.3) is 0 Å². The SMILES string of the molecule is NS(=O)(=O)c1ccc(CCN2COc3ccc4c(oc(=O)c5ccccc54)c3C2)cc1. The van der Waals surface area contributed by atoms with E-state index in [-0.39, 0.29) is 10.5 Å². The van der Waals surface area contributed by atoms with Crippen molar-refractivity contribution < 1.29 is 17.6 Å². The third kappa shape index (κ3) is 3.69. The molecule has 4 aromatic rings. The Morgan fingerprint density at radius 2 is 1.68 bits per heavy atom. The van der Waals surface area contributed by atoms with E-state index in [9.17, 15) is 13.2 Å². The van der Waals surface area contributed by atoms with E-state index in [4.69, 9.17) is 14.3 Å². The molecule has 2 N–H and O–H groups in total. The normalized spacial score (nSPS) is 14.5. The Balaban J connectivity index is 1.41. The number of hydrogen-bond acceptors (Lipinski definition) is 6. The molecule has 0 aliphatic carbocycles. The van der Waals surface area contributed by atoms with E-state index in [1.165, 1.54) is 12.1 Å². The first kappa shape index (κ1) is 19.7. The van der Waals surface area contributed by atoms with E-state index in [0.29, 0.717) is 37.2 Å². The van der Waals surface area contributed by atoms with E-state index in [1.54, 1.807) is 18.2 Å². The van der Waals surface area contributed by atoms with Crippen LogP contribution < -0.4 is 15.5 Å². The van der Waals surface area contributed by atoms with Gasteiger partial charge in [-0.1, -0.05) is 30.3 Å². The van der Waals surface area contributed by atoms with Crippen LogP contribution in [-0.2, 0) is 23.0 Å². The Kier molecular flexibility index (Phi) is 4.77. The highest BCUT2D eigenvalue weighted by atomic mass is 32.2. The number of ether oxygens (including phenoxy) is 1. The highest BCUT2D eigenvalue weighted by Crippen LogP contribution is 2.34. The molecule has 1 aliphatic heterocycles. The number of nitrogens with two attached hydrogens (primary N) is 1. The molecule has 0 fully saturated rings. The average Bonchev–Trinajstić information content (AvgIpc) is 2.77. The number of fused-ring (bicyclic) bond motifs is 5. The lowest BCUT2D eigenvalue weighted by Gasteiger charge is -2.29. The van der Waals surface area contributed by atoms with E-state index >= 15 is 0 Å². The maximum absolute atomic E-state index is 12.5. The van der Waals surface area contributed by atoms with Crippen molar-refractivity contribution in [3.8, 4) is 5.75 Å². The van der Waals surface area contributed by atoms with Crippen molar-refractivity contribution in [2.24, 2.45) is 5.14 Å². The third-order valence-corrected chi connectivity index (χ3v) is 6.53. The first-order chi connectivity index (χ1) is 14.9. The lowest BCUT2D eigenvalue weighted by atomic mass is 10.0. The Hall–Kier alpha value is -3.20. The molecule has 158 valence electrons. The topological polar surface area (TPSA) is 103 Å². The molecular formula is C23H20N2O5S. The highest BCUT2D eigenvalue weighted by molar-refractivity contribution is 7.89. The fraction of sp³-hybridized carbons (Fsp3) is 0.174. The number of hydrogen-bond donors (Lipinski definition) is 1. The zero-order valence-electron chi connectivity index (χ0n) is 16.6. The Bertz CT molecular complexity index is 1460. The van der Waals surface area contributed by atoms with Crippen molar-refractivity contribution in [2.45, 2.75) is 17.9 Å². The molecule has 31 heavy (non-hydrogen) atoms. The first-order valence-corrected chi connectivity index (χ1v) is 11.4. The summed E-state index contributed by atoms with van der Waals surface area (Å²) in [7, 11) is -3.69. The van der Waals surface area contributed by atoms with Gasteiger partial charge in [0.1, 0.15) is 18.1 Å². The van der Waals surface area contributed by atoms with Crippen LogP contribution in [0.4, 0.5) is 0 Å². The summed E-state index contributed by atoms with van der Waals surface area (Å²) in [6.45, 7) is 1.71. The van der Waals surface area contributed by atoms with Crippen LogP contribution in [0.2, 0.25) is 0 Å². The van der Waals surface area contributed by atoms with Gasteiger partial charge >= 0.3 is 5.63 Å². The highest BCUT2D eigenvalue weighted by Gasteiger charge is 2.22. The van der Waals surface area contributed by atoms with Gasteiger partial charge in [-0.25, -0.2) is 18.4 Å². The number of rotatable bonds is 4. The smallest absolute Gasteiger partial charge is 0.344 e. The van der Waals surface area contributed by atoms with Gasteiger partial charge in [-0.15, -0.1) is 0 Å². The lowest BCUT2D eigenvalue weighted by molar-refractivity contribution is 0.0968. The van der Waals surface area contributed by atoms with Crippen molar-refractivity contribution in [2.75, 3.05) is 13.3 Å². The molecule has 0 spiro atoms. The average molecular weight is 436 g/mol. The molecule has 0 saturated heterocycles. The first-order valence-electron chi connectivity index (χ1n) is 9.84. The minimum absolute atomic E-state index is 0.0974. The van der Waals surface area contributed by atoms with Crippen LogP contribution in [0.5, 0.6) is 5.75 Å². The molecule has 0 unspecified atom stereocenters. The molecule has 3 aromatic carbocycles. The van der Waals surface area contributed by atoms with Crippen LogP contribution in [0.25, 0.3) is 21.7 Å². The summed E-state index contributed by atoms with van der Waals surface area (Å²) < 4.78 is 34.4. The van der Waals surface area contributed by atoms with E-state index in [0.717, 1.165) is 27.6 Å². The number of nitrogens with zero attached hydrogens (tertiary/aromatic N) is 1. The zero-order valence-corrected chi connectivity index (χ0v) is 17.4. The molecule has 1 aliphatic rings. The van der Waals surface area contributed by atoms with Crippen molar-refractivity contribution in [1.82, 2.24) is 4.90 Å². The standard InChI is InChI=1S/C23H20N2O5S/c24-31(27,28)16-7-5-15(6-8-16)11-12-25-13-20-21(29-14-25)10-9-18-17-3-1-2-4-19(17)23(26)30-22(18)20/h1-10H,11-14H2,(H2,24,27,28). The van der Waals surface area contributed by atoms with Crippen LogP contribution in [-0.4, -0.2) is 26.6 Å². The van der Waals surface area contributed by atoms with Gasteiger partial charge in [0.05, 0.1) is 15.8 Å². The molecule has 0 amide bonds. The van der Waals surface area contributed by atoms with Crippen LogP contribution >= 0.6 is 0 Å². The Morgan fingerprint density at radius 3 is 2.42 bits per heavy atom. The van der Waals surface area contributed by atoms with Crippen LogP contribution in [0.15, 0.2) is 74.8 Å². The van der Waals surface area contributed by atoms with Crippen LogP contribution in [0.1, 0.15) is 11.1 Å². The summed E-state index contributed by atoms with van der Waals surface area (Å²) in [5.41, 5.74) is 2.05. The van der Waals surface area contributed by atoms with Crippen LogP contribution in [0.3, 0.4) is 0 Å². The van der Waals surface area contributed by atoms with Crippen molar-refractivity contribution in [1.29, 1.82) is 0 Å². The predicted molar refractivity (Wildman–Crippen MR) is 117 cm³/mol. The molecule has 8 heteroatoms. The molecule has 0 atom stereocenters. The fourth-order valence-corrected chi connectivity index (χ4v) is 4.49. The summed E-state index contributed by atoms with van der Waals surface area (Å²) in [5.74, 6) is 0.722. The molecular weight excluding hydrogens is 416 g/mol. The summed E-state index contributed by atoms with van der Waals surface area (Å²) in [5, 5.41) is 7.46. The van der Waals surface area contributed by atoms with Gasteiger partial charge in [-0.2, -0.15) is 0 Å². The van der Waals surface area contributed by atoms with Crippen molar-refractivity contribution in [3.05, 3.63) is 82.2 Å². The third-order valence-electron chi connectivity index (χ3n) is 5.60. The molecule has 5 rings (SSSR count). The molecule has 0 bridgehead atoms. The number of primary sulfonamides is 1. The predicted octanol–water partition coefficient (Wildman–Crippen LogP) is 2.99. The second-order valence-corrected chi connectivity index (χ2v) is 9.18. The zero-order chi connectivity index (χ0) is 21.6. The minimum atomic E-state index is -3.69. The largest absolute Gasteiger partial charge is 0.478 e. The molecule has 1 aromatic heterocycles. The number of sulfonamides is 1. The second-order valence-electron chi connectivity index (χ2n) is 7.62. The van der Waals surface area contributed by atoms with E-state index in [1.807, 2.05) is 30.3 Å². The molecule has 0 radical (unpaired) electrons. The molecule has 2 heterocycles. The Labute approximate surface area is 178 Å². The summed E-state index contributed by atoms with van der Waals surface area (Å²) >= 11 is 0. The Morgan fingerprint density at radius 1 is 0.935 bits per heavy atom. The number of benzene rings is 3. The van der Waals surface area contributed by atoms with Gasteiger partial charge in [-0.05, 0) is 47.7 Å². The van der Waals surface area contributed by atoms with Crippen molar-refractivity contribution >= 4 is 31.8 Å². The van der Waals surface area contributed by atoms with Crippen LogP contribution in [0, 0.1) is 0 Å². The lowest BCUT2D eigenvalue weighted by Crippen LogP contribution is -2.33. The molecule has 7 nitrogen and oxygen atoms in total. The minimum Gasteiger partial charge on any atom is -0.478 e. The molecule has 0 saturated carbocycles. The van der Waals surface area contributed by atoms with Crippen molar-refractivity contribution in [3.63, 3.8) is 0 Å². The van der Waals surface area contributed by atoms with Gasteiger partial charge in [0, 0.05) is 18.5 Å². The maximum atomic E-state index is 12.5.